The van der Waals surface area contributed by atoms with Gasteiger partial charge in [-0.2, -0.15) is 18.3 Å². The summed E-state index contributed by atoms with van der Waals surface area (Å²) >= 11 is 0. The van der Waals surface area contributed by atoms with Crippen LogP contribution >= 0.6 is 0 Å². The summed E-state index contributed by atoms with van der Waals surface area (Å²) < 4.78 is 44.0. The van der Waals surface area contributed by atoms with Gasteiger partial charge in [-0.25, -0.2) is 4.68 Å². The molecule has 1 fully saturated rings. The van der Waals surface area contributed by atoms with E-state index in [-0.39, 0.29) is 24.0 Å². The summed E-state index contributed by atoms with van der Waals surface area (Å²) in [4.78, 5) is 18.2. The molecule has 3 aromatic rings. The quantitative estimate of drug-likeness (QED) is 0.643. The molecule has 0 radical (unpaired) electrons. The van der Waals surface area contributed by atoms with Gasteiger partial charge < -0.3 is 4.42 Å². The zero-order valence-corrected chi connectivity index (χ0v) is 15.2. The molecule has 1 saturated heterocycles. The van der Waals surface area contributed by atoms with Crippen LogP contribution in [-0.4, -0.2) is 42.4 Å². The van der Waals surface area contributed by atoms with Gasteiger partial charge in [0.1, 0.15) is 0 Å². The molecule has 3 aromatic heterocycles. The van der Waals surface area contributed by atoms with Crippen molar-refractivity contribution in [3.63, 3.8) is 0 Å². The van der Waals surface area contributed by atoms with E-state index in [0.29, 0.717) is 18.8 Å². The number of aromatic nitrogens is 5. The van der Waals surface area contributed by atoms with Crippen molar-refractivity contribution < 1.29 is 17.6 Å². The summed E-state index contributed by atoms with van der Waals surface area (Å²) in [5, 5.41) is 11.0. The Kier molecular flexibility index (Phi) is 5.14. The van der Waals surface area contributed by atoms with Crippen LogP contribution in [-0.2, 0) is 19.3 Å². The van der Waals surface area contributed by atoms with E-state index < -0.39 is 12.1 Å². The molecule has 0 aliphatic carbocycles. The predicted octanol–water partition coefficient (Wildman–Crippen LogP) is 2.37. The smallest absolute Gasteiger partial charge is 0.416 e. The molecule has 0 aromatic carbocycles. The molecule has 4 heterocycles. The maximum Gasteiger partial charge on any atom is 0.470 e. The average molecular weight is 406 g/mol. The second-order valence-electron chi connectivity index (χ2n) is 6.74. The SMILES string of the molecule is O=c1ccc(-c2ccncc2)nn1CC1CCCN1Cc1nnc(C(F)(F)F)o1. The summed E-state index contributed by atoms with van der Waals surface area (Å²) in [7, 11) is 0. The molecular weight excluding hydrogens is 389 g/mol. The lowest BCUT2D eigenvalue weighted by Gasteiger charge is -2.23. The molecule has 29 heavy (non-hydrogen) atoms. The second-order valence-corrected chi connectivity index (χ2v) is 6.74. The molecule has 0 spiro atoms. The monoisotopic (exact) mass is 406 g/mol. The maximum absolute atomic E-state index is 12.6. The van der Waals surface area contributed by atoms with Crippen molar-refractivity contribution in [1.82, 2.24) is 29.9 Å². The summed E-state index contributed by atoms with van der Waals surface area (Å²) in [6.45, 7) is 1.07. The van der Waals surface area contributed by atoms with E-state index in [4.69, 9.17) is 4.42 Å². The van der Waals surface area contributed by atoms with Crippen molar-refractivity contribution >= 4 is 0 Å². The maximum atomic E-state index is 12.6. The van der Waals surface area contributed by atoms with Crippen LogP contribution in [0.1, 0.15) is 24.6 Å². The molecule has 4 rings (SSSR count). The number of halogens is 3. The standard InChI is InChI=1S/C18H17F3N6O2/c19-18(20,21)17-24-23-15(29-17)11-26-9-1-2-13(26)10-27-16(28)4-3-14(25-27)12-5-7-22-8-6-12/h3-8,13H,1-2,9-11H2. The first-order valence-electron chi connectivity index (χ1n) is 9.02. The fourth-order valence-electron chi connectivity index (χ4n) is 3.37. The third-order valence-corrected chi connectivity index (χ3v) is 4.77. The fraction of sp³-hybridized carbons (Fsp3) is 0.389. The Labute approximate surface area is 163 Å². The molecule has 152 valence electrons. The van der Waals surface area contributed by atoms with Crippen LogP contribution in [0.5, 0.6) is 0 Å². The van der Waals surface area contributed by atoms with Crippen molar-refractivity contribution in [2.24, 2.45) is 0 Å². The van der Waals surface area contributed by atoms with Gasteiger partial charge >= 0.3 is 12.1 Å². The van der Waals surface area contributed by atoms with Gasteiger partial charge in [0.2, 0.25) is 5.89 Å². The third kappa shape index (κ3) is 4.34. The highest BCUT2D eigenvalue weighted by Crippen LogP contribution is 2.28. The normalized spacial score (nSPS) is 17.7. The molecule has 1 atom stereocenters. The number of likely N-dealkylation sites (tertiary alicyclic amines) is 1. The van der Waals surface area contributed by atoms with Crippen LogP contribution in [0.15, 0.2) is 45.9 Å². The van der Waals surface area contributed by atoms with Gasteiger partial charge in [-0.15, -0.1) is 10.2 Å². The Morgan fingerprint density at radius 3 is 2.66 bits per heavy atom. The molecule has 0 bridgehead atoms. The Hall–Kier alpha value is -3.08. The van der Waals surface area contributed by atoms with Gasteiger partial charge in [-0.05, 0) is 37.6 Å². The highest BCUT2D eigenvalue weighted by Gasteiger charge is 2.38. The number of rotatable bonds is 5. The predicted molar refractivity (Wildman–Crippen MR) is 94.5 cm³/mol. The topological polar surface area (TPSA) is 89.9 Å². The average Bonchev–Trinajstić information content (AvgIpc) is 3.34. The van der Waals surface area contributed by atoms with Crippen LogP contribution < -0.4 is 5.56 Å². The molecule has 1 aliphatic heterocycles. The zero-order chi connectivity index (χ0) is 20.4. The number of nitrogens with zero attached hydrogens (tertiary/aromatic N) is 6. The first-order chi connectivity index (χ1) is 13.9. The van der Waals surface area contributed by atoms with E-state index >= 15 is 0 Å². The Bertz CT molecular complexity index is 1030. The summed E-state index contributed by atoms with van der Waals surface area (Å²) in [5.41, 5.74) is 1.23. The van der Waals surface area contributed by atoms with Gasteiger partial charge in [0.25, 0.3) is 5.56 Å². The second kappa shape index (κ2) is 7.74. The first kappa shape index (κ1) is 19.2. The lowest BCUT2D eigenvalue weighted by molar-refractivity contribution is -0.157. The Morgan fingerprint density at radius 2 is 1.93 bits per heavy atom. The van der Waals surface area contributed by atoms with Gasteiger partial charge in [0.15, 0.2) is 0 Å². The third-order valence-electron chi connectivity index (χ3n) is 4.77. The lowest BCUT2D eigenvalue weighted by Crippen LogP contribution is -2.36. The zero-order valence-electron chi connectivity index (χ0n) is 15.2. The van der Waals surface area contributed by atoms with Gasteiger partial charge in [-0.1, -0.05) is 0 Å². The highest BCUT2D eigenvalue weighted by atomic mass is 19.4. The minimum Gasteiger partial charge on any atom is -0.416 e. The van der Waals surface area contributed by atoms with E-state index in [0.717, 1.165) is 18.4 Å². The van der Waals surface area contributed by atoms with Crippen molar-refractivity contribution in [1.29, 1.82) is 0 Å². The lowest BCUT2D eigenvalue weighted by atomic mass is 10.2. The van der Waals surface area contributed by atoms with Crippen molar-refractivity contribution in [2.45, 2.75) is 38.1 Å². The van der Waals surface area contributed by atoms with Crippen LogP contribution in [0.4, 0.5) is 13.2 Å². The first-order valence-corrected chi connectivity index (χ1v) is 9.02. The molecule has 1 unspecified atom stereocenters. The minimum atomic E-state index is -4.67. The van der Waals surface area contributed by atoms with E-state index in [1.54, 1.807) is 30.6 Å². The molecule has 11 heteroatoms. The Balaban J connectivity index is 1.50. The van der Waals surface area contributed by atoms with Crippen LogP contribution in [0.3, 0.4) is 0 Å². The number of hydrogen-bond donors (Lipinski definition) is 0. The number of alkyl halides is 3. The van der Waals surface area contributed by atoms with E-state index in [1.165, 1.54) is 10.7 Å². The molecule has 1 aliphatic rings. The van der Waals surface area contributed by atoms with Gasteiger partial charge in [-0.3, -0.25) is 14.7 Å². The van der Waals surface area contributed by atoms with E-state index in [1.807, 2.05) is 4.90 Å². The minimum absolute atomic E-state index is 0.0749. The fourth-order valence-corrected chi connectivity index (χ4v) is 3.37. The molecule has 0 saturated carbocycles. The summed E-state index contributed by atoms with van der Waals surface area (Å²) in [6, 6.07) is 6.63. The Morgan fingerprint density at radius 1 is 1.14 bits per heavy atom. The largest absolute Gasteiger partial charge is 0.470 e. The summed E-state index contributed by atoms with van der Waals surface area (Å²) in [6.07, 6.45) is 0.257. The van der Waals surface area contributed by atoms with Crippen molar-refractivity contribution in [3.05, 3.63) is 58.8 Å². The van der Waals surface area contributed by atoms with E-state index in [2.05, 4.69) is 20.3 Å². The van der Waals surface area contributed by atoms with Gasteiger partial charge in [0, 0.05) is 30.1 Å². The van der Waals surface area contributed by atoms with Crippen molar-refractivity contribution in [2.75, 3.05) is 6.54 Å². The molecule has 0 amide bonds. The summed E-state index contributed by atoms with van der Waals surface area (Å²) in [5.74, 6) is -1.46. The van der Waals surface area contributed by atoms with Gasteiger partial charge in [0.05, 0.1) is 18.8 Å². The number of hydrogen-bond acceptors (Lipinski definition) is 7. The van der Waals surface area contributed by atoms with E-state index in [9.17, 15) is 18.0 Å². The number of pyridine rings is 1. The molecule has 0 N–H and O–H groups in total. The molecular formula is C18H17F3N6O2. The van der Waals surface area contributed by atoms with Crippen LogP contribution in [0, 0.1) is 0 Å². The van der Waals surface area contributed by atoms with Crippen LogP contribution in [0.2, 0.25) is 0 Å². The highest BCUT2D eigenvalue weighted by molar-refractivity contribution is 5.56. The van der Waals surface area contributed by atoms with Crippen LogP contribution in [0.25, 0.3) is 11.3 Å². The van der Waals surface area contributed by atoms with Crippen molar-refractivity contribution in [3.8, 4) is 11.3 Å². The molecule has 8 nitrogen and oxygen atoms in total.